The number of ketones is 1. The van der Waals surface area contributed by atoms with Gasteiger partial charge in [0.1, 0.15) is 6.61 Å². The number of hydrogen-bond donors (Lipinski definition) is 3. The number of nitrogens with two attached hydrogens (primary N) is 1. The van der Waals surface area contributed by atoms with Crippen molar-refractivity contribution in [2.75, 3.05) is 13.2 Å². The first-order valence-corrected chi connectivity index (χ1v) is 7.62. The summed E-state index contributed by atoms with van der Waals surface area (Å²) in [6.45, 7) is 0.228. The van der Waals surface area contributed by atoms with Gasteiger partial charge in [-0.2, -0.15) is 0 Å². The van der Waals surface area contributed by atoms with Crippen molar-refractivity contribution < 1.29 is 9.90 Å². The highest BCUT2D eigenvalue weighted by molar-refractivity contribution is 5.85. The van der Waals surface area contributed by atoms with E-state index < -0.39 is 12.6 Å². The standard InChI is InChI=1S/C19H22N2O2/c20-12-18(19(23)14-22)21-13-17-10-8-16(9-11-17)7-6-15-4-2-1-3-5-15/h1-11,18,21-22H,12-14,20H2/b7-6+/t18-/m0/s1. The zero-order valence-corrected chi connectivity index (χ0v) is 13.0. The normalized spacial score (nSPS) is 12.4. The Morgan fingerprint density at radius 2 is 1.65 bits per heavy atom. The summed E-state index contributed by atoms with van der Waals surface area (Å²) < 4.78 is 0. The molecule has 2 aromatic carbocycles. The molecule has 120 valence electrons. The van der Waals surface area contributed by atoms with Crippen LogP contribution < -0.4 is 11.1 Å². The highest BCUT2D eigenvalue weighted by Crippen LogP contribution is 2.10. The van der Waals surface area contributed by atoms with E-state index in [-0.39, 0.29) is 12.3 Å². The number of aliphatic hydroxyl groups is 1. The molecule has 0 aliphatic carbocycles. The minimum absolute atomic E-state index is 0.178. The Morgan fingerprint density at radius 1 is 1.04 bits per heavy atom. The maximum Gasteiger partial charge on any atom is 0.176 e. The average molecular weight is 310 g/mol. The van der Waals surface area contributed by atoms with Crippen LogP contribution in [-0.2, 0) is 11.3 Å². The summed E-state index contributed by atoms with van der Waals surface area (Å²) in [6, 6.07) is 17.7. The van der Waals surface area contributed by atoms with E-state index in [1.54, 1.807) is 0 Å². The molecule has 4 heteroatoms. The number of nitrogens with one attached hydrogen (secondary N) is 1. The van der Waals surface area contributed by atoms with Gasteiger partial charge in [0.05, 0.1) is 6.04 Å². The molecule has 0 aromatic heterocycles. The largest absolute Gasteiger partial charge is 0.389 e. The lowest BCUT2D eigenvalue weighted by atomic mass is 10.1. The zero-order valence-electron chi connectivity index (χ0n) is 13.0. The maximum absolute atomic E-state index is 11.4. The number of hydrogen-bond acceptors (Lipinski definition) is 4. The van der Waals surface area contributed by atoms with Crippen LogP contribution in [0.1, 0.15) is 16.7 Å². The van der Waals surface area contributed by atoms with E-state index in [9.17, 15) is 4.79 Å². The quantitative estimate of drug-likeness (QED) is 0.650. The van der Waals surface area contributed by atoms with Crippen molar-refractivity contribution in [3.8, 4) is 0 Å². The van der Waals surface area contributed by atoms with E-state index in [0.29, 0.717) is 6.54 Å². The third-order valence-electron chi connectivity index (χ3n) is 3.58. The second kappa shape index (κ2) is 9.00. The van der Waals surface area contributed by atoms with Crippen molar-refractivity contribution in [1.29, 1.82) is 0 Å². The third-order valence-corrected chi connectivity index (χ3v) is 3.58. The SMILES string of the molecule is NC[C@H](NCc1ccc(/C=C/c2ccccc2)cc1)C(=O)CO. The summed E-state index contributed by atoms with van der Waals surface area (Å²) in [5.41, 5.74) is 8.86. The van der Waals surface area contributed by atoms with Crippen LogP contribution in [0.3, 0.4) is 0 Å². The molecule has 0 fully saturated rings. The van der Waals surface area contributed by atoms with Crippen LogP contribution in [0.25, 0.3) is 12.2 Å². The topological polar surface area (TPSA) is 75.3 Å². The highest BCUT2D eigenvalue weighted by Gasteiger charge is 2.14. The second-order valence-corrected chi connectivity index (χ2v) is 5.28. The summed E-state index contributed by atoms with van der Waals surface area (Å²) in [4.78, 5) is 11.4. The van der Waals surface area contributed by atoms with E-state index in [1.807, 2.05) is 42.5 Å². The summed E-state index contributed by atoms with van der Waals surface area (Å²) >= 11 is 0. The predicted molar refractivity (Wildman–Crippen MR) is 93.6 cm³/mol. The minimum Gasteiger partial charge on any atom is -0.389 e. The highest BCUT2D eigenvalue weighted by atomic mass is 16.3. The Bertz CT molecular complexity index is 636. The van der Waals surface area contributed by atoms with Crippen molar-refractivity contribution in [2.24, 2.45) is 5.73 Å². The fourth-order valence-electron chi connectivity index (χ4n) is 2.18. The Balaban J connectivity index is 1.92. The molecule has 2 rings (SSSR count). The molecule has 0 bridgehead atoms. The predicted octanol–water partition coefficient (Wildman–Crippen LogP) is 1.84. The first kappa shape index (κ1) is 17.1. The van der Waals surface area contributed by atoms with E-state index >= 15 is 0 Å². The van der Waals surface area contributed by atoms with Gasteiger partial charge in [0, 0.05) is 13.1 Å². The molecule has 0 saturated carbocycles. The van der Waals surface area contributed by atoms with Gasteiger partial charge < -0.3 is 16.2 Å². The lowest BCUT2D eigenvalue weighted by Crippen LogP contribution is -2.43. The van der Waals surface area contributed by atoms with Crippen LogP contribution in [-0.4, -0.2) is 30.1 Å². The molecule has 23 heavy (non-hydrogen) atoms. The van der Waals surface area contributed by atoms with Crippen molar-refractivity contribution >= 4 is 17.9 Å². The number of Topliss-reactive ketones (excluding diaryl/α,β-unsaturated/α-hetero) is 1. The summed E-state index contributed by atoms with van der Waals surface area (Å²) in [6.07, 6.45) is 4.13. The molecule has 0 unspecified atom stereocenters. The maximum atomic E-state index is 11.4. The molecule has 0 radical (unpaired) electrons. The van der Waals surface area contributed by atoms with Gasteiger partial charge in [0.2, 0.25) is 0 Å². The smallest absolute Gasteiger partial charge is 0.176 e. The van der Waals surface area contributed by atoms with E-state index in [2.05, 4.69) is 29.6 Å². The minimum atomic E-state index is -0.502. The van der Waals surface area contributed by atoms with Crippen molar-refractivity contribution in [3.05, 3.63) is 71.3 Å². The van der Waals surface area contributed by atoms with Crippen LogP contribution in [0, 0.1) is 0 Å². The van der Waals surface area contributed by atoms with Gasteiger partial charge in [-0.05, 0) is 16.7 Å². The number of rotatable bonds is 8. The molecule has 0 saturated heterocycles. The fourth-order valence-corrected chi connectivity index (χ4v) is 2.18. The van der Waals surface area contributed by atoms with Gasteiger partial charge in [-0.1, -0.05) is 66.7 Å². The Hall–Kier alpha value is -2.27. The summed E-state index contributed by atoms with van der Waals surface area (Å²) in [5.74, 6) is -0.282. The molecule has 2 aromatic rings. The molecule has 4 N–H and O–H groups in total. The van der Waals surface area contributed by atoms with E-state index in [4.69, 9.17) is 10.8 Å². The van der Waals surface area contributed by atoms with Crippen LogP contribution in [0.5, 0.6) is 0 Å². The Morgan fingerprint density at radius 3 is 2.22 bits per heavy atom. The lowest BCUT2D eigenvalue weighted by Gasteiger charge is -2.14. The number of benzene rings is 2. The molecule has 0 heterocycles. The van der Waals surface area contributed by atoms with Gasteiger partial charge in [0.15, 0.2) is 5.78 Å². The molecule has 1 atom stereocenters. The summed E-state index contributed by atoms with van der Waals surface area (Å²) in [7, 11) is 0. The number of carbonyl (C=O) groups is 1. The molecular weight excluding hydrogens is 288 g/mol. The first-order chi connectivity index (χ1) is 11.2. The third kappa shape index (κ3) is 5.45. The fraction of sp³-hybridized carbons (Fsp3) is 0.211. The van der Waals surface area contributed by atoms with Gasteiger partial charge in [-0.25, -0.2) is 0 Å². The van der Waals surface area contributed by atoms with Gasteiger partial charge in [-0.3, -0.25) is 4.79 Å². The van der Waals surface area contributed by atoms with Crippen LogP contribution in [0.2, 0.25) is 0 Å². The number of carbonyl (C=O) groups excluding carboxylic acids is 1. The molecule has 4 nitrogen and oxygen atoms in total. The van der Waals surface area contributed by atoms with E-state index in [0.717, 1.165) is 16.7 Å². The lowest BCUT2D eigenvalue weighted by molar-refractivity contribution is -0.123. The molecule has 0 spiro atoms. The zero-order chi connectivity index (χ0) is 16.5. The van der Waals surface area contributed by atoms with Crippen LogP contribution >= 0.6 is 0 Å². The second-order valence-electron chi connectivity index (χ2n) is 5.28. The Kier molecular flexibility index (Phi) is 6.69. The van der Waals surface area contributed by atoms with Crippen molar-refractivity contribution in [2.45, 2.75) is 12.6 Å². The van der Waals surface area contributed by atoms with Gasteiger partial charge in [-0.15, -0.1) is 0 Å². The van der Waals surface area contributed by atoms with Gasteiger partial charge in [0.25, 0.3) is 0 Å². The molecule has 0 aliphatic rings. The monoisotopic (exact) mass is 310 g/mol. The van der Waals surface area contributed by atoms with E-state index in [1.165, 1.54) is 0 Å². The summed E-state index contributed by atoms with van der Waals surface area (Å²) in [5, 5.41) is 11.9. The molecule has 0 amide bonds. The van der Waals surface area contributed by atoms with Crippen molar-refractivity contribution in [3.63, 3.8) is 0 Å². The van der Waals surface area contributed by atoms with Crippen molar-refractivity contribution in [1.82, 2.24) is 5.32 Å². The van der Waals surface area contributed by atoms with Crippen LogP contribution in [0.4, 0.5) is 0 Å². The van der Waals surface area contributed by atoms with Crippen LogP contribution in [0.15, 0.2) is 54.6 Å². The molecule has 0 aliphatic heterocycles. The van der Waals surface area contributed by atoms with Gasteiger partial charge >= 0.3 is 0 Å². The Labute approximate surface area is 136 Å². The average Bonchev–Trinajstić information content (AvgIpc) is 2.62. The number of aliphatic hydroxyl groups excluding tert-OH is 1. The first-order valence-electron chi connectivity index (χ1n) is 7.62. The molecular formula is C19H22N2O2.